The van der Waals surface area contributed by atoms with E-state index >= 15 is 0 Å². The van der Waals surface area contributed by atoms with E-state index in [0.29, 0.717) is 0 Å². The van der Waals surface area contributed by atoms with Crippen molar-refractivity contribution < 1.29 is 13.7 Å². The summed E-state index contributed by atoms with van der Waals surface area (Å²) in [5.74, 6) is 0. The molecule has 2 atom stereocenters. The molecule has 0 bridgehead atoms. The van der Waals surface area contributed by atoms with Crippen LogP contribution in [0.4, 0.5) is 34.1 Å². The number of anilines is 6. The first kappa shape index (κ1) is 50.4. The molecule has 0 saturated heterocycles. The van der Waals surface area contributed by atoms with Crippen molar-refractivity contribution in [3.63, 3.8) is 0 Å². The van der Waals surface area contributed by atoms with Gasteiger partial charge in [0.1, 0.15) is 0 Å². The normalized spacial score (nSPS) is 18.0. The molecule has 0 saturated carbocycles. The molecule has 0 aliphatic heterocycles. The fourth-order valence-corrected chi connectivity index (χ4v) is 18.2. The van der Waals surface area contributed by atoms with E-state index < -0.39 is 52.5 Å². The smallest absolute Gasteiger partial charge is 0.0727 e. The average molecular weight is 1320 g/mol. The highest BCUT2D eigenvalue weighted by Gasteiger charge is 2.53. The summed E-state index contributed by atoms with van der Waals surface area (Å²) in [6.07, 6.45) is 4.15. The summed E-state index contributed by atoms with van der Waals surface area (Å²) in [5, 5.41) is 4.10. The van der Waals surface area contributed by atoms with Gasteiger partial charge >= 0.3 is 0 Å². The van der Waals surface area contributed by atoms with Crippen LogP contribution in [0.3, 0.4) is 0 Å². The molecule has 4 aliphatic rings. The van der Waals surface area contributed by atoms with Gasteiger partial charge < -0.3 is 9.80 Å². The van der Waals surface area contributed by atoms with Gasteiger partial charge in [0, 0.05) is 33.5 Å². The monoisotopic (exact) mass is 1320 g/mol. The van der Waals surface area contributed by atoms with Crippen molar-refractivity contribution in [3.8, 4) is 44.5 Å². The minimum atomic E-state index is -1.30. The molecule has 16 aromatic rings. The fourth-order valence-electron chi connectivity index (χ4n) is 18.2. The van der Waals surface area contributed by atoms with E-state index in [-0.39, 0.29) is 48.1 Å². The third-order valence-corrected chi connectivity index (χ3v) is 22.6. The first-order valence-corrected chi connectivity index (χ1v) is 35.2. The van der Waals surface area contributed by atoms with Crippen LogP contribution in [-0.4, -0.2) is 0 Å². The Morgan fingerprint density at radius 2 is 0.592 bits per heavy atom. The van der Waals surface area contributed by atoms with E-state index in [2.05, 4.69) is 278 Å². The number of fused-ring (bicyclic) bond motifs is 18. The van der Waals surface area contributed by atoms with Gasteiger partial charge in [-0.15, -0.1) is 0 Å². The lowest BCUT2D eigenvalue weighted by molar-refractivity contribution is 0.629. The van der Waals surface area contributed by atoms with Crippen LogP contribution in [0, 0.1) is 0 Å². The number of rotatable bonds is 14. The lowest BCUT2D eigenvalue weighted by Crippen LogP contribution is -2.30. The molecule has 484 valence electrons. The van der Waals surface area contributed by atoms with Crippen LogP contribution >= 0.6 is 0 Å². The summed E-state index contributed by atoms with van der Waals surface area (Å²) in [4.78, 5) is 4.70. The SMILES string of the molecule is [2H]c1c([2H])c([2H])c(C2(Cc3ccc(C=C)cc3)c3ccccc3-c3ccc(N(c4ccc5c(c4)C4(c6ccccc6-5)c5ccccc5-c5ccc(N(c6ccc7c(c6)C(Cc6ccc(C=C)cc6)(c6c([2H])c([2H])c([2H])c([2H])c6[2H])c6ccccc6-7)c6cccc7ccccc67)cc54)c4cccc5ccccc45)cc32)c([2H])c1[2H]. The Morgan fingerprint density at radius 1 is 0.282 bits per heavy atom. The third kappa shape index (κ3) is 8.94. The molecular weight excluding hydrogens is 1240 g/mol. The predicted molar refractivity (Wildman–Crippen MR) is 431 cm³/mol. The number of hydrogen-bond donors (Lipinski definition) is 0. The zero-order valence-corrected chi connectivity index (χ0v) is 56.2. The van der Waals surface area contributed by atoms with Gasteiger partial charge in [0.15, 0.2) is 0 Å². The molecule has 0 aromatic heterocycles. The summed E-state index contributed by atoms with van der Waals surface area (Å²) in [5.41, 5.74) is 21.5. The maximum absolute atomic E-state index is 9.94. The van der Waals surface area contributed by atoms with E-state index in [4.69, 9.17) is 2.74 Å². The number of hydrogen-bond acceptors (Lipinski definition) is 2. The average Bonchev–Trinajstić information content (AvgIpc) is 1.58. The highest BCUT2D eigenvalue weighted by molar-refractivity contribution is 6.04. The summed E-state index contributed by atoms with van der Waals surface area (Å²) in [7, 11) is 0. The van der Waals surface area contributed by atoms with Crippen molar-refractivity contribution in [2.45, 2.75) is 29.1 Å². The van der Waals surface area contributed by atoms with Crippen LogP contribution < -0.4 is 9.80 Å². The van der Waals surface area contributed by atoms with Crippen LogP contribution in [0.1, 0.15) is 91.6 Å². The Labute approximate surface area is 616 Å². The Kier molecular flexibility index (Phi) is 11.6. The number of benzene rings is 16. The van der Waals surface area contributed by atoms with Gasteiger partial charge in [0.05, 0.1) is 41.3 Å². The van der Waals surface area contributed by atoms with Gasteiger partial charge in [-0.2, -0.15) is 0 Å². The fraction of sp³-hybridized carbons (Fsp3) is 0.0495. The van der Waals surface area contributed by atoms with Crippen LogP contribution in [0.2, 0.25) is 0 Å². The second-order valence-electron chi connectivity index (χ2n) is 27.6. The van der Waals surface area contributed by atoms with E-state index in [1.807, 2.05) is 48.5 Å². The Bertz CT molecular complexity index is 6310. The van der Waals surface area contributed by atoms with Gasteiger partial charge in [-0.3, -0.25) is 0 Å². The van der Waals surface area contributed by atoms with Crippen LogP contribution in [-0.2, 0) is 29.1 Å². The van der Waals surface area contributed by atoms with Gasteiger partial charge in [-0.25, -0.2) is 0 Å². The molecule has 0 N–H and O–H groups in total. The van der Waals surface area contributed by atoms with Crippen molar-refractivity contribution in [2.24, 2.45) is 0 Å². The van der Waals surface area contributed by atoms with Crippen LogP contribution in [0.15, 0.2) is 377 Å². The van der Waals surface area contributed by atoms with Crippen molar-refractivity contribution >= 4 is 67.8 Å². The minimum Gasteiger partial charge on any atom is -0.310 e. The highest BCUT2D eigenvalue weighted by Crippen LogP contribution is 2.65. The molecule has 0 amide bonds. The summed E-state index contributed by atoms with van der Waals surface area (Å²) >= 11 is 0. The van der Waals surface area contributed by atoms with Crippen LogP contribution in [0.25, 0.3) is 78.2 Å². The predicted octanol–water partition coefficient (Wildman–Crippen LogP) is 25.7. The topological polar surface area (TPSA) is 6.48 Å². The second-order valence-corrected chi connectivity index (χ2v) is 27.6. The van der Waals surface area contributed by atoms with E-state index in [1.54, 1.807) is 12.2 Å². The summed E-state index contributed by atoms with van der Waals surface area (Å²) in [6, 6.07) is 103. The lowest BCUT2D eigenvalue weighted by atomic mass is 9.68. The van der Waals surface area contributed by atoms with E-state index in [0.717, 1.165) is 167 Å². The van der Waals surface area contributed by atoms with Crippen molar-refractivity contribution in [1.29, 1.82) is 0 Å². The van der Waals surface area contributed by atoms with Gasteiger partial charge in [0.2, 0.25) is 0 Å². The molecule has 0 radical (unpaired) electrons. The molecule has 0 heterocycles. The summed E-state index contributed by atoms with van der Waals surface area (Å²) < 4.78 is 94.9. The summed E-state index contributed by atoms with van der Waals surface area (Å²) in [6.45, 7) is 8.10. The largest absolute Gasteiger partial charge is 0.310 e. The minimum absolute atomic E-state index is 0.208. The zero-order chi connectivity index (χ0) is 77.1. The maximum atomic E-state index is 9.94. The standard InChI is InChI=1S/C101H70N2/c1-3-67-45-49-69(50-46-67)65-99(73-29-7-5-8-30-73)89-39-19-15-35-81(89)85-57-53-75(61-93(85)99)102(97-43-23-27-71-25-11-13-33-79(71)97)77-55-59-87-83-37-17-21-41-91(83)101(95(87)63-77)92-42-22-18-38-84(92)88-60-56-78(64-96(88)101)103(98-44-24-28-72-26-12-14-34-80(72)98)76-54-58-86-82-36-16-20-40-90(82)100(94(86)62-76,74-31-9-6-10-32-74)66-70-51-47-68(4-2)48-52-70/h3-64H,1-2,65-66H2/i5D,6D,7D,8D,9D,10D,29D,30D,31D,32D. The van der Waals surface area contributed by atoms with Gasteiger partial charge in [0.25, 0.3) is 0 Å². The van der Waals surface area contributed by atoms with E-state index in [9.17, 15) is 11.0 Å². The molecule has 2 nitrogen and oxygen atoms in total. The molecule has 16 aromatic carbocycles. The molecule has 20 rings (SSSR count). The van der Waals surface area contributed by atoms with Crippen LogP contribution in [0.5, 0.6) is 0 Å². The quantitative estimate of drug-likeness (QED) is 0.107. The molecule has 1 spiro atoms. The third-order valence-electron chi connectivity index (χ3n) is 22.6. The second kappa shape index (κ2) is 23.6. The molecule has 4 aliphatic carbocycles. The van der Waals surface area contributed by atoms with Crippen molar-refractivity contribution in [3.05, 3.63) is 455 Å². The molecular formula is C101H70N2. The molecule has 2 unspecified atom stereocenters. The maximum Gasteiger partial charge on any atom is 0.0727 e. The highest BCUT2D eigenvalue weighted by atomic mass is 15.2. The van der Waals surface area contributed by atoms with Gasteiger partial charge in [-0.05, 0) is 207 Å². The zero-order valence-electron chi connectivity index (χ0n) is 66.2. The van der Waals surface area contributed by atoms with Crippen molar-refractivity contribution in [2.75, 3.05) is 9.80 Å². The molecule has 0 fully saturated rings. The Hall–Kier alpha value is -12.9. The molecule has 2 heteroatoms. The lowest BCUT2D eigenvalue weighted by Gasteiger charge is -2.35. The van der Waals surface area contributed by atoms with Gasteiger partial charge in [-0.1, -0.05) is 328 Å². The first-order valence-electron chi connectivity index (χ1n) is 40.2. The van der Waals surface area contributed by atoms with E-state index in [1.165, 1.54) is 0 Å². The Balaban J connectivity index is 0.831. The number of nitrogens with zero attached hydrogens (tertiary/aromatic N) is 2. The molecule has 103 heavy (non-hydrogen) atoms. The van der Waals surface area contributed by atoms with Crippen molar-refractivity contribution in [1.82, 2.24) is 0 Å². The first-order chi connectivity index (χ1) is 55.1. The Morgan fingerprint density at radius 3 is 0.981 bits per heavy atom.